The normalized spacial score (nSPS) is 26.7. The molecule has 2 fully saturated rings. The minimum atomic E-state index is -0.300. The number of hydrogen-bond donors (Lipinski definition) is 1. The van der Waals surface area contributed by atoms with Gasteiger partial charge in [0, 0.05) is 49.4 Å². The van der Waals surface area contributed by atoms with Crippen LogP contribution < -0.4 is 10.1 Å². The molecule has 0 aromatic heterocycles. The zero-order valence-electron chi connectivity index (χ0n) is 20.0. The quantitative estimate of drug-likeness (QED) is 0.498. The highest BCUT2D eigenvalue weighted by molar-refractivity contribution is 5.94. The van der Waals surface area contributed by atoms with Gasteiger partial charge in [-0.15, -0.1) is 6.58 Å². The number of esters is 1. The lowest BCUT2D eigenvalue weighted by Gasteiger charge is -2.55. The Hall–Kier alpha value is -3.12. The van der Waals surface area contributed by atoms with E-state index in [-0.39, 0.29) is 35.4 Å². The zero-order valence-corrected chi connectivity index (χ0v) is 20.0. The molecule has 6 heteroatoms. The number of nitrogens with one attached hydrogen (secondary N) is 1. The number of fused-ring (bicyclic) bond motifs is 1. The molecule has 34 heavy (non-hydrogen) atoms. The first kappa shape index (κ1) is 24.0. The van der Waals surface area contributed by atoms with Crippen molar-refractivity contribution in [1.82, 2.24) is 10.2 Å². The van der Waals surface area contributed by atoms with Crippen LogP contribution in [0.4, 0.5) is 0 Å². The Morgan fingerprint density at radius 2 is 2.00 bits per heavy atom. The van der Waals surface area contributed by atoms with Gasteiger partial charge in [-0.05, 0) is 49.2 Å². The van der Waals surface area contributed by atoms with Crippen LogP contribution in [0.2, 0.25) is 0 Å². The van der Waals surface area contributed by atoms with E-state index < -0.39 is 0 Å². The van der Waals surface area contributed by atoms with Gasteiger partial charge in [-0.2, -0.15) is 0 Å². The summed E-state index contributed by atoms with van der Waals surface area (Å²) in [4.78, 5) is 27.5. The average molecular weight is 463 g/mol. The van der Waals surface area contributed by atoms with Gasteiger partial charge in [0.15, 0.2) is 0 Å². The van der Waals surface area contributed by atoms with Crippen LogP contribution in [-0.4, -0.2) is 55.7 Å². The molecule has 180 valence electrons. The highest BCUT2D eigenvalue weighted by Gasteiger charge is 2.53. The summed E-state index contributed by atoms with van der Waals surface area (Å²) in [6.07, 6.45) is 3.89. The van der Waals surface area contributed by atoms with E-state index in [0.29, 0.717) is 12.0 Å². The molecule has 0 bridgehead atoms. The standard InChI is InChI=1S/C28H34N2O4/c1-4-14-30-15-13-28(22-11-8-12-24(16-22)33-3)18-23(17-26(25(28)19-30)34-20(2)31)29-27(32)21-9-6-5-7-10-21/h4-12,16,23,25-26H,1,13-15,17-19H2,2-3H3,(H,29,32)/t23-,25?,26?,28?/m0/s1. The highest BCUT2D eigenvalue weighted by Crippen LogP contribution is 2.50. The lowest BCUT2D eigenvalue weighted by atomic mass is 9.57. The number of methoxy groups -OCH3 is 1. The Kier molecular flexibility index (Phi) is 7.37. The topological polar surface area (TPSA) is 67.9 Å². The second kappa shape index (κ2) is 10.4. The molecular formula is C28H34N2O4. The van der Waals surface area contributed by atoms with Crippen molar-refractivity contribution in [3.05, 3.63) is 78.4 Å². The van der Waals surface area contributed by atoms with E-state index in [4.69, 9.17) is 9.47 Å². The molecule has 4 atom stereocenters. The van der Waals surface area contributed by atoms with Gasteiger partial charge in [0.25, 0.3) is 5.91 Å². The predicted molar refractivity (Wildman–Crippen MR) is 132 cm³/mol. The highest BCUT2D eigenvalue weighted by atomic mass is 16.5. The van der Waals surface area contributed by atoms with E-state index >= 15 is 0 Å². The van der Waals surface area contributed by atoms with Gasteiger partial charge in [0.1, 0.15) is 11.9 Å². The molecule has 1 aliphatic heterocycles. The van der Waals surface area contributed by atoms with Crippen molar-refractivity contribution >= 4 is 11.9 Å². The fraction of sp³-hybridized carbons (Fsp3) is 0.429. The van der Waals surface area contributed by atoms with Crippen molar-refractivity contribution in [2.24, 2.45) is 5.92 Å². The lowest BCUT2D eigenvalue weighted by Crippen LogP contribution is -2.61. The number of ether oxygens (including phenoxy) is 2. The van der Waals surface area contributed by atoms with Gasteiger partial charge >= 0.3 is 5.97 Å². The first-order valence-corrected chi connectivity index (χ1v) is 12.0. The summed E-state index contributed by atoms with van der Waals surface area (Å²) >= 11 is 0. The molecule has 1 heterocycles. The van der Waals surface area contributed by atoms with Gasteiger partial charge < -0.3 is 14.8 Å². The van der Waals surface area contributed by atoms with E-state index in [2.05, 4.69) is 28.9 Å². The molecule has 1 saturated carbocycles. The van der Waals surface area contributed by atoms with Crippen LogP contribution in [0.3, 0.4) is 0 Å². The summed E-state index contributed by atoms with van der Waals surface area (Å²) < 4.78 is 11.5. The third-order valence-corrected chi connectivity index (χ3v) is 7.34. The fourth-order valence-electron chi connectivity index (χ4n) is 5.85. The molecule has 1 amide bonds. The molecule has 1 saturated heterocycles. The van der Waals surface area contributed by atoms with Crippen LogP contribution in [0.1, 0.15) is 42.1 Å². The van der Waals surface area contributed by atoms with Gasteiger partial charge in [-0.25, -0.2) is 0 Å². The largest absolute Gasteiger partial charge is 0.497 e. The number of amides is 1. The third kappa shape index (κ3) is 5.02. The summed E-state index contributed by atoms with van der Waals surface area (Å²) in [6.45, 7) is 7.88. The Morgan fingerprint density at radius 3 is 2.71 bits per heavy atom. The Bertz CT molecular complexity index is 1020. The van der Waals surface area contributed by atoms with Crippen molar-refractivity contribution in [3.8, 4) is 5.75 Å². The van der Waals surface area contributed by atoms with E-state index in [9.17, 15) is 9.59 Å². The fourth-order valence-corrected chi connectivity index (χ4v) is 5.85. The molecule has 4 rings (SSSR count). The Balaban J connectivity index is 1.71. The van der Waals surface area contributed by atoms with Crippen LogP contribution in [0.15, 0.2) is 67.3 Å². The SMILES string of the molecule is C=CCN1CCC2(c3cccc(OC)c3)C[C@@H](NC(=O)c3ccccc3)CC(OC(C)=O)C2C1. The lowest BCUT2D eigenvalue weighted by molar-refractivity contribution is -0.157. The first-order valence-electron chi connectivity index (χ1n) is 12.0. The van der Waals surface area contributed by atoms with Gasteiger partial charge in [-0.3, -0.25) is 14.5 Å². The molecule has 2 aromatic rings. The number of carbonyl (C=O) groups is 2. The number of carbonyl (C=O) groups excluding carboxylic acids is 2. The van der Waals surface area contributed by atoms with Crippen molar-refractivity contribution < 1.29 is 19.1 Å². The number of rotatable bonds is 7. The predicted octanol–water partition coefficient (Wildman–Crippen LogP) is 3.97. The van der Waals surface area contributed by atoms with Crippen LogP contribution in [0.25, 0.3) is 0 Å². The molecule has 2 aromatic carbocycles. The average Bonchev–Trinajstić information content (AvgIpc) is 2.85. The number of nitrogens with zero attached hydrogens (tertiary/aromatic N) is 1. The van der Waals surface area contributed by atoms with Crippen LogP contribution in [0.5, 0.6) is 5.75 Å². The van der Waals surface area contributed by atoms with Crippen LogP contribution in [-0.2, 0) is 14.9 Å². The summed E-state index contributed by atoms with van der Waals surface area (Å²) in [6, 6.07) is 17.3. The number of piperidine rings is 1. The van der Waals surface area contributed by atoms with Gasteiger partial charge in [0.05, 0.1) is 7.11 Å². The smallest absolute Gasteiger partial charge is 0.302 e. The van der Waals surface area contributed by atoms with Crippen molar-refractivity contribution in [3.63, 3.8) is 0 Å². The maximum Gasteiger partial charge on any atom is 0.302 e. The third-order valence-electron chi connectivity index (χ3n) is 7.34. The van der Waals surface area contributed by atoms with Gasteiger partial charge in [0.2, 0.25) is 0 Å². The molecule has 1 aliphatic carbocycles. The van der Waals surface area contributed by atoms with E-state index in [1.807, 2.05) is 48.5 Å². The maximum atomic E-state index is 13.0. The molecule has 2 aliphatic rings. The summed E-state index contributed by atoms with van der Waals surface area (Å²) in [5.41, 5.74) is 1.55. The van der Waals surface area contributed by atoms with E-state index in [1.165, 1.54) is 12.5 Å². The summed E-state index contributed by atoms with van der Waals surface area (Å²) in [5, 5.41) is 3.24. The second-order valence-corrected chi connectivity index (χ2v) is 9.42. The van der Waals surface area contributed by atoms with Crippen LogP contribution in [0, 0.1) is 5.92 Å². The minimum Gasteiger partial charge on any atom is -0.497 e. The monoisotopic (exact) mass is 462 g/mol. The van der Waals surface area contributed by atoms with E-state index in [1.54, 1.807) is 7.11 Å². The van der Waals surface area contributed by atoms with Crippen molar-refractivity contribution in [1.29, 1.82) is 0 Å². The van der Waals surface area contributed by atoms with E-state index in [0.717, 1.165) is 38.2 Å². The Morgan fingerprint density at radius 1 is 1.21 bits per heavy atom. The Labute approximate surface area is 201 Å². The minimum absolute atomic E-state index is 0.0992. The zero-order chi connectivity index (χ0) is 24.1. The second-order valence-electron chi connectivity index (χ2n) is 9.42. The van der Waals surface area contributed by atoms with Gasteiger partial charge in [-0.1, -0.05) is 36.4 Å². The molecular weight excluding hydrogens is 428 g/mol. The van der Waals surface area contributed by atoms with Crippen LogP contribution >= 0.6 is 0 Å². The van der Waals surface area contributed by atoms with Crippen molar-refractivity contribution in [2.45, 2.75) is 43.7 Å². The number of likely N-dealkylation sites (tertiary alicyclic amines) is 1. The number of benzene rings is 2. The molecule has 3 unspecified atom stereocenters. The number of hydrogen-bond acceptors (Lipinski definition) is 5. The molecule has 1 N–H and O–H groups in total. The van der Waals surface area contributed by atoms with Crippen molar-refractivity contribution in [2.75, 3.05) is 26.7 Å². The molecule has 0 spiro atoms. The summed E-state index contributed by atoms with van der Waals surface area (Å²) in [7, 11) is 1.67. The summed E-state index contributed by atoms with van der Waals surface area (Å²) in [5.74, 6) is 0.511. The maximum absolute atomic E-state index is 13.0. The molecule has 0 radical (unpaired) electrons. The molecule has 6 nitrogen and oxygen atoms in total. The first-order chi connectivity index (χ1) is 16.4.